The number of amides is 1. The molecule has 2 atom stereocenters. The first kappa shape index (κ1) is 19.0. The van der Waals surface area contributed by atoms with Crippen molar-refractivity contribution in [3.05, 3.63) is 60.2 Å². The Morgan fingerprint density at radius 1 is 1.07 bits per heavy atom. The lowest BCUT2D eigenvalue weighted by Crippen LogP contribution is -2.39. The molecule has 1 heterocycles. The highest BCUT2D eigenvalue weighted by molar-refractivity contribution is 5.79. The molecule has 1 aliphatic heterocycles. The smallest absolute Gasteiger partial charge is 0.341 e. The minimum absolute atomic E-state index is 0.0593. The second-order valence-corrected chi connectivity index (χ2v) is 6.47. The maximum absolute atomic E-state index is 12.1. The van der Waals surface area contributed by atoms with E-state index < -0.39 is 6.04 Å². The fourth-order valence-corrected chi connectivity index (χ4v) is 3.02. The molecule has 1 saturated heterocycles. The van der Waals surface area contributed by atoms with Crippen LogP contribution in [0.5, 0.6) is 0 Å². The van der Waals surface area contributed by atoms with Crippen LogP contribution >= 0.6 is 0 Å². The number of benzene rings is 2. The lowest BCUT2D eigenvalue weighted by Gasteiger charge is -2.12. The summed E-state index contributed by atoms with van der Waals surface area (Å²) in [5, 5.41) is 5.80. The highest BCUT2D eigenvalue weighted by Crippen LogP contribution is 2.19. The van der Waals surface area contributed by atoms with E-state index >= 15 is 0 Å². The van der Waals surface area contributed by atoms with Crippen molar-refractivity contribution < 1.29 is 14.4 Å². The standard InChI is InChI=1S/C20H24N4O3/c21-11-19(25)24-17-10-18(22-13-17)20(26)27-23-12-14-6-8-16(9-7-14)15-4-2-1-3-5-15/h1-9,17-18,22-23H,10-13,21H2,(H,24,25)/t17?,18-/m0/s1. The van der Waals surface area contributed by atoms with Crippen molar-refractivity contribution in [3.8, 4) is 11.1 Å². The van der Waals surface area contributed by atoms with Crippen molar-refractivity contribution in [3.63, 3.8) is 0 Å². The molecule has 0 radical (unpaired) electrons. The quantitative estimate of drug-likeness (QED) is 0.537. The van der Waals surface area contributed by atoms with Crippen LogP contribution in [0.3, 0.4) is 0 Å². The van der Waals surface area contributed by atoms with Gasteiger partial charge in [-0.15, -0.1) is 5.48 Å². The Balaban J connectivity index is 1.42. The summed E-state index contributed by atoms with van der Waals surface area (Å²) in [4.78, 5) is 28.5. The number of carbonyl (C=O) groups is 2. The van der Waals surface area contributed by atoms with Gasteiger partial charge >= 0.3 is 5.97 Å². The zero-order chi connectivity index (χ0) is 19.1. The minimum Gasteiger partial charge on any atom is -0.369 e. The molecule has 27 heavy (non-hydrogen) atoms. The molecule has 0 spiro atoms. The van der Waals surface area contributed by atoms with Gasteiger partial charge in [-0.05, 0) is 23.1 Å². The number of rotatable bonds is 7. The Morgan fingerprint density at radius 3 is 2.48 bits per heavy atom. The zero-order valence-corrected chi connectivity index (χ0v) is 15.0. The van der Waals surface area contributed by atoms with Gasteiger partial charge in [0.1, 0.15) is 6.04 Å². The highest BCUT2D eigenvalue weighted by Gasteiger charge is 2.31. The molecule has 2 aromatic carbocycles. The Hall–Kier alpha value is -2.74. The fourth-order valence-electron chi connectivity index (χ4n) is 3.02. The van der Waals surface area contributed by atoms with Crippen LogP contribution in [0.25, 0.3) is 11.1 Å². The monoisotopic (exact) mass is 368 g/mol. The third kappa shape index (κ3) is 5.37. The highest BCUT2D eigenvalue weighted by atomic mass is 16.7. The van der Waals surface area contributed by atoms with Crippen molar-refractivity contribution in [1.29, 1.82) is 0 Å². The van der Waals surface area contributed by atoms with Crippen LogP contribution < -0.4 is 21.8 Å². The molecular weight excluding hydrogens is 344 g/mol. The van der Waals surface area contributed by atoms with Crippen LogP contribution in [0.4, 0.5) is 0 Å². The largest absolute Gasteiger partial charge is 0.369 e. The first-order valence-electron chi connectivity index (χ1n) is 8.96. The van der Waals surface area contributed by atoms with Gasteiger partial charge in [-0.25, -0.2) is 4.79 Å². The zero-order valence-electron chi connectivity index (χ0n) is 15.0. The summed E-state index contributed by atoms with van der Waals surface area (Å²) in [6.07, 6.45) is 0.484. The lowest BCUT2D eigenvalue weighted by atomic mass is 10.0. The SMILES string of the molecule is NCC(=O)NC1CN[C@H](C(=O)ONCc2ccc(-c3ccccc3)cc2)C1. The minimum atomic E-state index is -0.443. The molecule has 1 fully saturated rings. The predicted octanol–water partition coefficient (Wildman–Crippen LogP) is 0.707. The Bertz CT molecular complexity index is 765. The van der Waals surface area contributed by atoms with E-state index in [0.29, 0.717) is 19.5 Å². The molecule has 1 aliphatic rings. The van der Waals surface area contributed by atoms with Gasteiger partial charge in [-0.2, -0.15) is 0 Å². The van der Waals surface area contributed by atoms with E-state index in [1.807, 2.05) is 42.5 Å². The van der Waals surface area contributed by atoms with E-state index in [2.05, 4.69) is 28.2 Å². The molecule has 0 aromatic heterocycles. The van der Waals surface area contributed by atoms with Crippen LogP contribution in [0.2, 0.25) is 0 Å². The second-order valence-electron chi connectivity index (χ2n) is 6.47. The van der Waals surface area contributed by atoms with Gasteiger partial charge in [0.15, 0.2) is 0 Å². The number of hydroxylamine groups is 1. The average molecular weight is 368 g/mol. The van der Waals surface area contributed by atoms with Crippen LogP contribution in [0, 0.1) is 0 Å². The summed E-state index contributed by atoms with van der Waals surface area (Å²) in [5.41, 5.74) is 11.3. The molecule has 1 amide bonds. The molecule has 142 valence electrons. The van der Waals surface area contributed by atoms with E-state index in [-0.39, 0.29) is 24.5 Å². The number of hydrogen-bond donors (Lipinski definition) is 4. The van der Waals surface area contributed by atoms with Crippen LogP contribution in [0.1, 0.15) is 12.0 Å². The van der Waals surface area contributed by atoms with E-state index in [4.69, 9.17) is 10.6 Å². The first-order chi connectivity index (χ1) is 13.2. The molecule has 0 aliphatic carbocycles. The Kier molecular flexibility index (Phi) is 6.54. The molecule has 0 saturated carbocycles. The van der Waals surface area contributed by atoms with Crippen molar-refractivity contribution in [2.45, 2.75) is 25.0 Å². The van der Waals surface area contributed by atoms with Gasteiger partial charge < -0.3 is 21.2 Å². The third-order valence-corrected chi connectivity index (χ3v) is 4.48. The van der Waals surface area contributed by atoms with Gasteiger partial charge in [0, 0.05) is 12.6 Å². The number of nitrogens with two attached hydrogens (primary N) is 1. The van der Waals surface area contributed by atoms with Gasteiger partial charge in [0.25, 0.3) is 0 Å². The van der Waals surface area contributed by atoms with Crippen molar-refractivity contribution in [2.75, 3.05) is 13.1 Å². The third-order valence-electron chi connectivity index (χ3n) is 4.48. The second kappa shape index (κ2) is 9.27. The van der Waals surface area contributed by atoms with Gasteiger partial charge in [-0.3, -0.25) is 4.79 Å². The number of hydrogen-bond acceptors (Lipinski definition) is 6. The van der Waals surface area contributed by atoms with Gasteiger partial charge in [0.2, 0.25) is 5.91 Å². The Labute approximate surface area is 158 Å². The molecule has 7 heteroatoms. The van der Waals surface area contributed by atoms with E-state index in [9.17, 15) is 9.59 Å². The van der Waals surface area contributed by atoms with Gasteiger partial charge in [0.05, 0.1) is 13.1 Å². The van der Waals surface area contributed by atoms with Crippen molar-refractivity contribution >= 4 is 11.9 Å². The fraction of sp³-hybridized carbons (Fsp3) is 0.300. The maximum atomic E-state index is 12.1. The summed E-state index contributed by atoms with van der Waals surface area (Å²) in [6, 6.07) is 17.6. The van der Waals surface area contributed by atoms with Crippen LogP contribution in [-0.4, -0.2) is 37.0 Å². The predicted molar refractivity (Wildman–Crippen MR) is 102 cm³/mol. The van der Waals surface area contributed by atoms with Crippen LogP contribution in [-0.2, 0) is 21.0 Å². The number of carbonyl (C=O) groups excluding carboxylic acids is 2. The van der Waals surface area contributed by atoms with E-state index in [1.165, 1.54) is 0 Å². The topological polar surface area (TPSA) is 105 Å². The number of nitrogens with one attached hydrogen (secondary N) is 3. The first-order valence-corrected chi connectivity index (χ1v) is 8.96. The van der Waals surface area contributed by atoms with Gasteiger partial charge in [-0.1, -0.05) is 54.6 Å². The molecular formula is C20H24N4O3. The van der Waals surface area contributed by atoms with E-state index in [1.54, 1.807) is 0 Å². The lowest BCUT2D eigenvalue weighted by molar-refractivity contribution is -0.153. The Morgan fingerprint density at radius 2 is 1.78 bits per heavy atom. The van der Waals surface area contributed by atoms with Crippen molar-refractivity contribution in [2.24, 2.45) is 5.73 Å². The summed E-state index contributed by atoms with van der Waals surface area (Å²) in [7, 11) is 0. The molecule has 7 nitrogen and oxygen atoms in total. The summed E-state index contributed by atoms with van der Waals surface area (Å²) in [5.74, 6) is -0.617. The maximum Gasteiger partial charge on any atom is 0.341 e. The molecule has 0 bridgehead atoms. The van der Waals surface area contributed by atoms with Crippen LogP contribution in [0.15, 0.2) is 54.6 Å². The average Bonchev–Trinajstić information content (AvgIpc) is 3.17. The summed E-state index contributed by atoms with van der Waals surface area (Å²) in [6.45, 7) is 0.879. The summed E-state index contributed by atoms with van der Waals surface area (Å²) < 4.78 is 0. The summed E-state index contributed by atoms with van der Waals surface area (Å²) >= 11 is 0. The molecule has 5 N–H and O–H groups in total. The molecule has 1 unspecified atom stereocenters. The van der Waals surface area contributed by atoms with E-state index in [0.717, 1.165) is 16.7 Å². The normalized spacial score (nSPS) is 18.9. The van der Waals surface area contributed by atoms with Crippen molar-refractivity contribution in [1.82, 2.24) is 16.1 Å². The molecule has 3 rings (SSSR count). The molecule has 2 aromatic rings.